The molecule has 0 unspecified atom stereocenters. The lowest BCUT2D eigenvalue weighted by atomic mass is 9.91. The third kappa shape index (κ3) is 3.06. The van der Waals surface area contributed by atoms with Gasteiger partial charge in [0, 0.05) is 0 Å². The first-order valence-corrected chi connectivity index (χ1v) is 4.54. The van der Waals surface area contributed by atoms with Crippen LogP contribution in [0.2, 0.25) is 0 Å². The molecular weight excluding hydrogens is 136 g/mol. The van der Waals surface area contributed by atoms with Gasteiger partial charge in [0.25, 0.3) is 0 Å². The highest BCUT2D eigenvalue weighted by Crippen LogP contribution is 2.23. The Morgan fingerprint density at radius 3 is 2.82 bits per heavy atom. The Hall–Kier alpha value is -0.300. The van der Waals surface area contributed by atoms with Crippen molar-refractivity contribution < 1.29 is 5.11 Å². The van der Waals surface area contributed by atoms with Crippen molar-refractivity contribution in [2.24, 2.45) is 5.92 Å². The molecule has 64 valence electrons. The Kier molecular flexibility index (Phi) is 3.13. The molecule has 0 bridgehead atoms. The molecule has 0 aliphatic heterocycles. The number of hydrogen-bond donors (Lipinski definition) is 1. The van der Waals surface area contributed by atoms with Crippen molar-refractivity contribution in [3.05, 3.63) is 11.6 Å². The molecule has 0 amide bonds. The Morgan fingerprint density at radius 2 is 2.36 bits per heavy atom. The van der Waals surface area contributed by atoms with Gasteiger partial charge in [-0.2, -0.15) is 0 Å². The predicted octanol–water partition coefficient (Wildman–Crippen LogP) is 2.50. The molecule has 1 aliphatic carbocycles. The first-order valence-electron chi connectivity index (χ1n) is 4.54. The maximum atomic E-state index is 9.22. The minimum atomic E-state index is -0.0640. The second kappa shape index (κ2) is 3.91. The third-order valence-corrected chi connectivity index (χ3v) is 2.15. The quantitative estimate of drug-likeness (QED) is 0.606. The summed E-state index contributed by atoms with van der Waals surface area (Å²) >= 11 is 0. The van der Waals surface area contributed by atoms with Crippen molar-refractivity contribution >= 4 is 0 Å². The second-order valence-electron chi connectivity index (χ2n) is 3.89. The predicted molar refractivity (Wildman–Crippen MR) is 47.4 cm³/mol. The van der Waals surface area contributed by atoms with Gasteiger partial charge in [-0.1, -0.05) is 25.5 Å². The van der Waals surface area contributed by atoms with Gasteiger partial charge in [0.1, 0.15) is 0 Å². The average Bonchev–Trinajstić information content (AvgIpc) is 1.93. The fourth-order valence-corrected chi connectivity index (χ4v) is 1.58. The van der Waals surface area contributed by atoms with Crippen LogP contribution in [0.3, 0.4) is 0 Å². The lowest BCUT2D eigenvalue weighted by molar-refractivity contribution is 0.161. The van der Waals surface area contributed by atoms with Gasteiger partial charge in [-0.3, -0.25) is 0 Å². The fraction of sp³-hybridized carbons (Fsp3) is 0.800. The molecular formula is C10H18O. The molecule has 1 aliphatic rings. The summed E-state index contributed by atoms with van der Waals surface area (Å²) in [6.07, 6.45) is 6.33. The van der Waals surface area contributed by atoms with E-state index in [1.165, 1.54) is 6.42 Å². The molecule has 11 heavy (non-hydrogen) atoms. The van der Waals surface area contributed by atoms with Gasteiger partial charge in [-0.25, -0.2) is 0 Å². The van der Waals surface area contributed by atoms with E-state index in [0.29, 0.717) is 0 Å². The number of rotatable bonds is 2. The van der Waals surface area contributed by atoms with Crippen LogP contribution in [0.25, 0.3) is 0 Å². The summed E-state index contributed by atoms with van der Waals surface area (Å²) in [6.45, 7) is 4.48. The van der Waals surface area contributed by atoms with Gasteiger partial charge in [0.2, 0.25) is 0 Å². The first kappa shape index (κ1) is 8.79. The summed E-state index contributed by atoms with van der Waals surface area (Å²) in [5, 5.41) is 9.22. The summed E-state index contributed by atoms with van der Waals surface area (Å²) in [6, 6.07) is 0. The molecule has 0 aromatic carbocycles. The van der Waals surface area contributed by atoms with Crippen LogP contribution in [0, 0.1) is 5.92 Å². The Balaban J connectivity index is 2.35. The summed E-state index contributed by atoms with van der Waals surface area (Å²) in [7, 11) is 0. The number of aliphatic hydroxyl groups excluding tert-OH is 1. The molecule has 0 fully saturated rings. The molecule has 1 nitrogen and oxygen atoms in total. The molecule has 0 aromatic rings. The van der Waals surface area contributed by atoms with Crippen LogP contribution in [0.4, 0.5) is 0 Å². The highest BCUT2D eigenvalue weighted by Gasteiger charge is 2.11. The lowest BCUT2D eigenvalue weighted by Gasteiger charge is -2.18. The summed E-state index contributed by atoms with van der Waals surface area (Å²) in [4.78, 5) is 0. The molecule has 1 N–H and O–H groups in total. The van der Waals surface area contributed by atoms with Crippen LogP contribution >= 0.6 is 0 Å². The molecule has 0 saturated carbocycles. The molecule has 0 spiro atoms. The fourth-order valence-electron chi connectivity index (χ4n) is 1.58. The minimum Gasteiger partial charge on any atom is -0.393 e. The smallest absolute Gasteiger partial charge is 0.0577 e. The van der Waals surface area contributed by atoms with Crippen LogP contribution in [0.15, 0.2) is 11.6 Å². The van der Waals surface area contributed by atoms with Crippen molar-refractivity contribution in [3.8, 4) is 0 Å². The van der Waals surface area contributed by atoms with Gasteiger partial charge < -0.3 is 5.11 Å². The third-order valence-electron chi connectivity index (χ3n) is 2.15. The van der Waals surface area contributed by atoms with Gasteiger partial charge in [0.05, 0.1) is 6.10 Å². The van der Waals surface area contributed by atoms with Crippen molar-refractivity contribution in [2.75, 3.05) is 0 Å². The normalized spacial score (nSPS) is 25.5. The SMILES string of the molecule is CC(C)CC1=CC[C@@H](O)CC1. The number of hydrogen-bond acceptors (Lipinski definition) is 1. The van der Waals surface area contributed by atoms with Crippen LogP contribution < -0.4 is 0 Å². The van der Waals surface area contributed by atoms with Crippen LogP contribution in [-0.4, -0.2) is 11.2 Å². The number of aliphatic hydroxyl groups is 1. The van der Waals surface area contributed by atoms with Gasteiger partial charge in [-0.15, -0.1) is 0 Å². The van der Waals surface area contributed by atoms with E-state index in [1.807, 2.05) is 0 Å². The maximum absolute atomic E-state index is 9.22. The van der Waals surface area contributed by atoms with E-state index in [-0.39, 0.29) is 6.10 Å². The van der Waals surface area contributed by atoms with Crippen LogP contribution in [-0.2, 0) is 0 Å². The van der Waals surface area contributed by atoms with Gasteiger partial charge in [-0.05, 0) is 31.6 Å². The minimum absolute atomic E-state index is 0.0640. The lowest BCUT2D eigenvalue weighted by Crippen LogP contribution is -2.10. The Bertz CT molecular complexity index is 147. The van der Waals surface area contributed by atoms with Crippen molar-refractivity contribution in [1.29, 1.82) is 0 Å². The van der Waals surface area contributed by atoms with Crippen molar-refractivity contribution in [1.82, 2.24) is 0 Å². The largest absolute Gasteiger partial charge is 0.393 e. The average molecular weight is 154 g/mol. The second-order valence-corrected chi connectivity index (χ2v) is 3.89. The van der Waals surface area contributed by atoms with E-state index in [4.69, 9.17) is 0 Å². The monoisotopic (exact) mass is 154 g/mol. The number of allylic oxidation sites excluding steroid dienone is 1. The molecule has 0 saturated heterocycles. The van der Waals surface area contributed by atoms with Crippen LogP contribution in [0.1, 0.15) is 39.5 Å². The molecule has 1 atom stereocenters. The van der Waals surface area contributed by atoms with Gasteiger partial charge >= 0.3 is 0 Å². The molecule has 1 heteroatoms. The Labute approximate surface area is 69.1 Å². The first-order chi connectivity index (χ1) is 5.18. The standard InChI is InChI=1S/C10H18O/c1-8(2)7-9-3-5-10(11)6-4-9/h3,8,10-11H,4-7H2,1-2H3/t10-/m1/s1. The summed E-state index contributed by atoms with van der Waals surface area (Å²) < 4.78 is 0. The molecule has 0 radical (unpaired) electrons. The molecule has 0 aromatic heterocycles. The summed E-state index contributed by atoms with van der Waals surface area (Å²) in [5.41, 5.74) is 1.55. The highest BCUT2D eigenvalue weighted by molar-refractivity contribution is 5.07. The van der Waals surface area contributed by atoms with Gasteiger partial charge in [0.15, 0.2) is 0 Å². The maximum Gasteiger partial charge on any atom is 0.0577 e. The zero-order valence-corrected chi connectivity index (χ0v) is 7.51. The topological polar surface area (TPSA) is 20.2 Å². The van der Waals surface area contributed by atoms with E-state index in [0.717, 1.165) is 25.2 Å². The van der Waals surface area contributed by atoms with E-state index in [9.17, 15) is 5.11 Å². The van der Waals surface area contributed by atoms with E-state index in [2.05, 4.69) is 19.9 Å². The summed E-state index contributed by atoms with van der Waals surface area (Å²) in [5.74, 6) is 0.761. The highest BCUT2D eigenvalue weighted by atomic mass is 16.3. The van der Waals surface area contributed by atoms with Crippen molar-refractivity contribution in [3.63, 3.8) is 0 Å². The van der Waals surface area contributed by atoms with Crippen molar-refractivity contribution in [2.45, 2.75) is 45.6 Å². The molecule has 0 heterocycles. The van der Waals surface area contributed by atoms with E-state index < -0.39 is 0 Å². The zero-order valence-electron chi connectivity index (χ0n) is 7.51. The Morgan fingerprint density at radius 1 is 1.64 bits per heavy atom. The zero-order chi connectivity index (χ0) is 8.27. The van der Waals surface area contributed by atoms with E-state index >= 15 is 0 Å². The van der Waals surface area contributed by atoms with E-state index in [1.54, 1.807) is 5.57 Å². The van der Waals surface area contributed by atoms with Crippen LogP contribution in [0.5, 0.6) is 0 Å². The molecule has 1 rings (SSSR count).